The predicted molar refractivity (Wildman–Crippen MR) is 217 cm³/mol. The molecule has 0 N–H and O–H groups in total. The Balaban J connectivity index is 1.14. The van der Waals surface area contributed by atoms with Crippen LogP contribution in [0.5, 0.6) is 0 Å². The highest BCUT2D eigenvalue weighted by Crippen LogP contribution is 2.47. The van der Waals surface area contributed by atoms with Gasteiger partial charge in [-0.3, -0.25) is 0 Å². The molecule has 0 saturated carbocycles. The first-order valence-corrected chi connectivity index (χ1v) is 18.6. The zero-order valence-electron chi connectivity index (χ0n) is 30.4. The van der Waals surface area contributed by atoms with Crippen molar-refractivity contribution in [1.29, 1.82) is 0 Å². The van der Waals surface area contributed by atoms with Crippen LogP contribution in [-0.2, 0) is 10.8 Å². The summed E-state index contributed by atoms with van der Waals surface area (Å²) in [6, 6.07) is 39.2. The van der Waals surface area contributed by atoms with Crippen molar-refractivity contribution in [2.45, 2.75) is 57.8 Å². The molecule has 1 atom stereocenters. The van der Waals surface area contributed by atoms with E-state index in [2.05, 4.69) is 155 Å². The monoisotopic (exact) mass is 673 g/mol. The largest absolute Gasteiger partial charge is 0.208 e. The second kappa shape index (κ2) is 12.5. The van der Waals surface area contributed by atoms with Gasteiger partial charge in [0.2, 0.25) is 0 Å². The molecule has 0 radical (unpaired) electrons. The van der Waals surface area contributed by atoms with Gasteiger partial charge in [0.05, 0.1) is 0 Å². The molecular weight excluding hydrogens is 631 g/mol. The number of nitrogens with zero attached hydrogens (tertiary/aromatic N) is 3. The number of hydrogen-bond donors (Lipinski definition) is 0. The molecule has 0 amide bonds. The van der Waals surface area contributed by atoms with E-state index in [0.717, 1.165) is 28.5 Å². The number of aromatic nitrogens is 3. The lowest BCUT2D eigenvalue weighted by atomic mass is 9.63. The standard InChI is InChI=1S/C49H43N3/c1-48(2)28-29-49(3,4)44-31-38(24-27-43(44)48)39-25-26-42(41-17-11-10-16-40(39)41)47-51-45(34-13-6-5-7-14-34)50-46(52-47)35-21-18-33(19-22-35)37-23-20-32-12-8-9-15-36(32)30-37/h5-19,21-27,30-32H,20,28-29H2,1-4H3. The SMILES string of the molecule is CC1(C)CCC(C)(C)c2cc(-c3ccc(-c4nc(-c5ccccc5)nc(-c5ccc(C6=CCC7C=CC=CC7=C6)cc5)n4)c4ccccc34)ccc21. The lowest BCUT2D eigenvalue weighted by molar-refractivity contribution is 0.332. The van der Waals surface area contributed by atoms with Gasteiger partial charge in [-0.25, -0.2) is 15.0 Å². The minimum absolute atomic E-state index is 0.141. The smallest absolute Gasteiger partial charge is 0.164 e. The minimum Gasteiger partial charge on any atom is -0.208 e. The summed E-state index contributed by atoms with van der Waals surface area (Å²) in [5.41, 5.74) is 12.5. The molecule has 3 nitrogen and oxygen atoms in total. The molecular formula is C49H43N3. The summed E-state index contributed by atoms with van der Waals surface area (Å²) in [5, 5.41) is 2.33. The van der Waals surface area contributed by atoms with Crippen molar-refractivity contribution in [3.05, 3.63) is 168 Å². The summed E-state index contributed by atoms with van der Waals surface area (Å²) < 4.78 is 0. The van der Waals surface area contributed by atoms with Gasteiger partial charge in [-0.2, -0.15) is 0 Å². The van der Waals surface area contributed by atoms with E-state index in [1.54, 1.807) is 0 Å². The molecule has 0 bridgehead atoms. The Morgan fingerprint density at radius 2 is 1.13 bits per heavy atom. The first kappa shape index (κ1) is 32.3. The topological polar surface area (TPSA) is 38.7 Å². The molecule has 6 aromatic rings. The van der Waals surface area contributed by atoms with Gasteiger partial charge in [0, 0.05) is 22.6 Å². The summed E-state index contributed by atoms with van der Waals surface area (Å²) in [4.78, 5) is 15.3. The third-order valence-electron chi connectivity index (χ3n) is 11.6. The van der Waals surface area contributed by atoms with Crippen LogP contribution in [0.25, 0.3) is 61.6 Å². The van der Waals surface area contributed by atoms with E-state index in [4.69, 9.17) is 15.0 Å². The third kappa shape index (κ3) is 5.75. The maximum absolute atomic E-state index is 5.18. The molecule has 0 saturated heterocycles. The normalized spacial score (nSPS) is 18.3. The average molecular weight is 674 g/mol. The van der Waals surface area contributed by atoms with Crippen molar-refractivity contribution >= 4 is 16.3 Å². The molecule has 3 heteroatoms. The fourth-order valence-corrected chi connectivity index (χ4v) is 8.32. The summed E-state index contributed by atoms with van der Waals surface area (Å²) in [6.07, 6.45) is 16.9. The fourth-order valence-electron chi connectivity index (χ4n) is 8.32. The van der Waals surface area contributed by atoms with E-state index in [9.17, 15) is 0 Å². The van der Waals surface area contributed by atoms with Gasteiger partial charge in [-0.1, -0.05) is 167 Å². The van der Waals surface area contributed by atoms with Gasteiger partial charge < -0.3 is 0 Å². The van der Waals surface area contributed by atoms with Crippen molar-refractivity contribution in [1.82, 2.24) is 15.0 Å². The van der Waals surface area contributed by atoms with Crippen LogP contribution in [0.3, 0.4) is 0 Å². The minimum atomic E-state index is 0.141. The molecule has 1 heterocycles. The van der Waals surface area contributed by atoms with Gasteiger partial charge >= 0.3 is 0 Å². The van der Waals surface area contributed by atoms with Gasteiger partial charge in [-0.05, 0) is 85.9 Å². The highest BCUT2D eigenvalue weighted by Gasteiger charge is 2.37. The third-order valence-corrected chi connectivity index (χ3v) is 11.6. The summed E-state index contributed by atoms with van der Waals surface area (Å²) >= 11 is 0. The molecule has 0 aliphatic heterocycles. The molecule has 1 aromatic heterocycles. The molecule has 3 aliphatic carbocycles. The van der Waals surface area contributed by atoms with Crippen LogP contribution in [0.1, 0.15) is 63.6 Å². The molecule has 5 aromatic carbocycles. The summed E-state index contributed by atoms with van der Waals surface area (Å²) in [5.74, 6) is 2.49. The lowest BCUT2D eigenvalue weighted by Crippen LogP contribution is -2.33. The second-order valence-corrected chi connectivity index (χ2v) is 15.9. The summed E-state index contributed by atoms with van der Waals surface area (Å²) in [6.45, 7) is 9.57. The maximum atomic E-state index is 5.18. The van der Waals surface area contributed by atoms with Crippen LogP contribution in [0, 0.1) is 5.92 Å². The Morgan fingerprint density at radius 3 is 1.88 bits per heavy atom. The number of benzene rings is 5. The van der Waals surface area contributed by atoms with Crippen molar-refractivity contribution < 1.29 is 0 Å². The maximum Gasteiger partial charge on any atom is 0.164 e. The molecule has 9 rings (SSSR count). The van der Waals surface area contributed by atoms with Crippen LogP contribution < -0.4 is 0 Å². The lowest BCUT2D eigenvalue weighted by Gasteiger charge is -2.42. The zero-order chi connectivity index (χ0) is 35.5. The van der Waals surface area contributed by atoms with Crippen LogP contribution in [0.2, 0.25) is 0 Å². The quantitative estimate of drug-likeness (QED) is 0.183. The number of fused-ring (bicyclic) bond motifs is 3. The molecule has 1 unspecified atom stereocenters. The van der Waals surface area contributed by atoms with Crippen molar-refractivity contribution in [2.75, 3.05) is 0 Å². The number of rotatable bonds is 5. The summed E-state index contributed by atoms with van der Waals surface area (Å²) in [7, 11) is 0. The van der Waals surface area contributed by atoms with E-state index in [1.807, 2.05) is 18.2 Å². The Morgan fingerprint density at radius 1 is 0.538 bits per heavy atom. The van der Waals surface area contributed by atoms with Crippen LogP contribution >= 0.6 is 0 Å². The average Bonchev–Trinajstić information content (AvgIpc) is 3.19. The van der Waals surface area contributed by atoms with Crippen LogP contribution in [0.15, 0.2) is 151 Å². The first-order chi connectivity index (χ1) is 25.2. The Bertz CT molecular complexity index is 2480. The Hall–Kier alpha value is -5.67. The molecule has 3 aliphatic rings. The van der Waals surface area contributed by atoms with Crippen molar-refractivity contribution in [3.63, 3.8) is 0 Å². The molecule has 0 fully saturated rings. The van der Waals surface area contributed by atoms with E-state index in [0.29, 0.717) is 23.4 Å². The van der Waals surface area contributed by atoms with E-state index >= 15 is 0 Å². The zero-order valence-corrected chi connectivity index (χ0v) is 30.4. The van der Waals surface area contributed by atoms with E-state index in [-0.39, 0.29) is 10.8 Å². The van der Waals surface area contributed by atoms with E-state index in [1.165, 1.54) is 57.2 Å². The van der Waals surface area contributed by atoms with Gasteiger partial charge in [0.15, 0.2) is 17.5 Å². The second-order valence-electron chi connectivity index (χ2n) is 15.9. The molecule has 52 heavy (non-hydrogen) atoms. The van der Waals surface area contributed by atoms with Crippen LogP contribution in [0.4, 0.5) is 0 Å². The van der Waals surface area contributed by atoms with E-state index < -0.39 is 0 Å². The first-order valence-electron chi connectivity index (χ1n) is 18.6. The number of allylic oxidation sites excluding steroid dienone is 8. The molecule has 254 valence electrons. The Labute approximate surface area is 307 Å². The highest BCUT2D eigenvalue weighted by atomic mass is 15.0. The van der Waals surface area contributed by atoms with Gasteiger partial charge in [0.25, 0.3) is 0 Å². The molecule has 0 spiro atoms. The van der Waals surface area contributed by atoms with Gasteiger partial charge in [-0.15, -0.1) is 0 Å². The highest BCUT2D eigenvalue weighted by molar-refractivity contribution is 6.04. The Kier molecular flexibility index (Phi) is 7.77. The number of hydrogen-bond acceptors (Lipinski definition) is 3. The van der Waals surface area contributed by atoms with Gasteiger partial charge in [0.1, 0.15) is 0 Å². The predicted octanol–water partition coefficient (Wildman–Crippen LogP) is 12.5. The fraction of sp³-hybridized carbons (Fsp3) is 0.204. The van der Waals surface area contributed by atoms with Crippen molar-refractivity contribution in [3.8, 4) is 45.3 Å². The van der Waals surface area contributed by atoms with Crippen LogP contribution in [-0.4, -0.2) is 15.0 Å². The van der Waals surface area contributed by atoms with Crippen molar-refractivity contribution in [2.24, 2.45) is 5.92 Å².